The van der Waals surface area contributed by atoms with Crippen LogP contribution in [0.4, 0.5) is 0 Å². The van der Waals surface area contributed by atoms with Crippen molar-refractivity contribution >= 4 is 38.7 Å². The molecular weight excluding hydrogens is 615 g/mol. The molecule has 238 valence electrons. The van der Waals surface area contributed by atoms with Crippen molar-refractivity contribution in [2.45, 2.75) is 24.9 Å². The van der Waals surface area contributed by atoms with Crippen LogP contribution in [0.15, 0.2) is 156 Å². The van der Waals surface area contributed by atoms with Gasteiger partial charge in [0.05, 0.1) is 5.92 Å². The Labute approximate surface area is 289 Å². The van der Waals surface area contributed by atoms with Crippen molar-refractivity contribution in [3.63, 3.8) is 0 Å². The van der Waals surface area contributed by atoms with Crippen molar-refractivity contribution in [2.75, 3.05) is 0 Å². The molecule has 1 aliphatic heterocycles. The third-order valence-corrected chi connectivity index (χ3v) is 10.0. The van der Waals surface area contributed by atoms with Crippen molar-refractivity contribution in [1.82, 2.24) is 15.0 Å². The van der Waals surface area contributed by atoms with E-state index in [0.29, 0.717) is 17.5 Å². The number of hydrogen-bond acceptors (Lipinski definition) is 5. The van der Waals surface area contributed by atoms with Gasteiger partial charge < -0.3 is 9.15 Å². The highest BCUT2D eigenvalue weighted by Crippen LogP contribution is 2.52. The van der Waals surface area contributed by atoms with Crippen LogP contribution >= 0.6 is 0 Å². The van der Waals surface area contributed by atoms with Crippen LogP contribution in [0.25, 0.3) is 61.4 Å². The third kappa shape index (κ3) is 4.73. The SMILES string of the molecule is C1=CC(c2ccc(-c3nc(C4=CC=C(c5cccc6oc7ccccc7c56)C5Oc6ccccc6C45)nc(-c4ccccc4)n3)cc2)=CCC1. The lowest BCUT2D eigenvalue weighted by Gasteiger charge is -2.28. The van der Waals surface area contributed by atoms with Gasteiger partial charge in [-0.25, -0.2) is 15.0 Å². The molecule has 0 saturated carbocycles. The smallest absolute Gasteiger partial charge is 0.164 e. The Morgan fingerprint density at radius 3 is 2.10 bits per heavy atom. The lowest BCUT2D eigenvalue weighted by molar-refractivity contribution is 0.281. The summed E-state index contributed by atoms with van der Waals surface area (Å²) in [6.07, 6.45) is 13.0. The minimum atomic E-state index is -0.275. The van der Waals surface area contributed by atoms with Crippen LogP contribution in [0.5, 0.6) is 5.75 Å². The fourth-order valence-electron chi connectivity index (χ4n) is 7.63. The first-order valence-electron chi connectivity index (χ1n) is 17.2. The first kappa shape index (κ1) is 28.7. The van der Waals surface area contributed by atoms with E-state index in [4.69, 9.17) is 24.1 Å². The zero-order valence-corrected chi connectivity index (χ0v) is 27.2. The fourth-order valence-corrected chi connectivity index (χ4v) is 7.63. The molecule has 2 atom stereocenters. The van der Waals surface area contributed by atoms with Crippen LogP contribution in [0, 0.1) is 0 Å². The number of rotatable bonds is 5. The summed E-state index contributed by atoms with van der Waals surface area (Å²) >= 11 is 0. The molecule has 5 aromatic carbocycles. The van der Waals surface area contributed by atoms with Gasteiger partial charge >= 0.3 is 0 Å². The van der Waals surface area contributed by atoms with Crippen LogP contribution in [-0.4, -0.2) is 21.1 Å². The number of fused-ring (bicyclic) bond motifs is 6. The summed E-state index contributed by atoms with van der Waals surface area (Å²) in [5.74, 6) is 2.69. The highest BCUT2D eigenvalue weighted by Gasteiger charge is 2.43. The Balaban J connectivity index is 1.15. The molecular formula is C45H31N3O2. The lowest BCUT2D eigenvalue weighted by atomic mass is 9.78. The number of furan rings is 1. The number of aromatic nitrogens is 3. The Morgan fingerprint density at radius 1 is 0.560 bits per heavy atom. The maximum absolute atomic E-state index is 6.85. The van der Waals surface area contributed by atoms with Crippen LogP contribution in [0.3, 0.4) is 0 Å². The van der Waals surface area contributed by atoms with Gasteiger partial charge in [-0.2, -0.15) is 0 Å². The Bertz CT molecular complexity index is 2570. The van der Waals surface area contributed by atoms with Crippen molar-refractivity contribution in [3.05, 3.63) is 174 Å². The summed E-state index contributed by atoms with van der Waals surface area (Å²) in [6.45, 7) is 0. The normalized spacial score (nSPS) is 17.9. The average molecular weight is 646 g/mol. The largest absolute Gasteiger partial charge is 0.484 e. The second kappa shape index (κ2) is 11.7. The maximum Gasteiger partial charge on any atom is 0.164 e. The number of para-hydroxylation sites is 2. The summed E-state index contributed by atoms with van der Waals surface area (Å²) in [6, 6.07) is 41.5. The number of hydrogen-bond donors (Lipinski definition) is 0. The summed E-state index contributed by atoms with van der Waals surface area (Å²) < 4.78 is 13.1. The van der Waals surface area contributed by atoms with Crippen molar-refractivity contribution in [3.8, 4) is 28.5 Å². The Hall–Kier alpha value is -6.33. The average Bonchev–Trinajstić information content (AvgIpc) is 3.77. The Kier molecular flexibility index (Phi) is 6.69. The van der Waals surface area contributed by atoms with E-state index in [-0.39, 0.29) is 12.0 Å². The van der Waals surface area contributed by atoms with Gasteiger partial charge in [0.25, 0.3) is 0 Å². The minimum Gasteiger partial charge on any atom is -0.484 e. The Morgan fingerprint density at radius 2 is 1.26 bits per heavy atom. The molecule has 2 aliphatic carbocycles. The molecule has 0 fully saturated rings. The first-order chi connectivity index (χ1) is 24.8. The van der Waals surface area contributed by atoms with Gasteiger partial charge in [0.15, 0.2) is 17.5 Å². The molecule has 0 amide bonds. The number of ether oxygens (including phenoxy) is 1. The summed E-state index contributed by atoms with van der Waals surface area (Å²) in [5.41, 5.74) is 10.4. The van der Waals surface area contributed by atoms with Gasteiger partial charge in [0.2, 0.25) is 0 Å². The molecule has 2 unspecified atom stereocenters. The summed E-state index contributed by atoms with van der Waals surface area (Å²) in [4.78, 5) is 15.4. The molecule has 0 radical (unpaired) electrons. The summed E-state index contributed by atoms with van der Waals surface area (Å²) in [7, 11) is 0. The van der Waals surface area contributed by atoms with Gasteiger partial charge in [-0.15, -0.1) is 0 Å². The molecule has 7 aromatic rings. The second-order valence-corrected chi connectivity index (χ2v) is 13.0. The van der Waals surface area contributed by atoms with Crippen molar-refractivity contribution in [2.24, 2.45) is 0 Å². The molecule has 3 aliphatic rings. The number of benzene rings is 5. The topological polar surface area (TPSA) is 61.0 Å². The molecule has 10 rings (SSSR count). The van der Waals surface area contributed by atoms with Crippen LogP contribution < -0.4 is 4.74 Å². The van der Waals surface area contributed by atoms with Gasteiger partial charge in [-0.1, -0.05) is 134 Å². The molecule has 5 heteroatoms. The molecule has 0 spiro atoms. The molecule has 5 nitrogen and oxygen atoms in total. The molecule has 0 bridgehead atoms. The van der Waals surface area contributed by atoms with E-state index in [2.05, 4.69) is 97.1 Å². The van der Waals surface area contributed by atoms with Crippen LogP contribution in [0.1, 0.15) is 41.3 Å². The van der Waals surface area contributed by atoms with E-state index < -0.39 is 0 Å². The van der Waals surface area contributed by atoms with Gasteiger partial charge in [0, 0.05) is 38.6 Å². The predicted octanol–water partition coefficient (Wildman–Crippen LogP) is 10.9. The molecule has 0 N–H and O–H groups in total. The molecule has 2 aromatic heterocycles. The van der Waals surface area contributed by atoms with Crippen molar-refractivity contribution < 1.29 is 9.15 Å². The molecule has 50 heavy (non-hydrogen) atoms. The van der Waals surface area contributed by atoms with E-state index in [1.54, 1.807) is 0 Å². The zero-order valence-electron chi connectivity index (χ0n) is 27.2. The quantitative estimate of drug-likeness (QED) is 0.186. The number of nitrogens with zero attached hydrogens (tertiary/aromatic N) is 3. The third-order valence-electron chi connectivity index (χ3n) is 10.0. The molecule has 3 heterocycles. The van der Waals surface area contributed by atoms with E-state index >= 15 is 0 Å². The fraction of sp³-hybridized carbons (Fsp3) is 0.0889. The van der Waals surface area contributed by atoms with E-state index in [1.807, 2.05) is 54.6 Å². The van der Waals surface area contributed by atoms with Gasteiger partial charge in [-0.05, 0) is 47.7 Å². The maximum atomic E-state index is 6.85. The predicted molar refractivity (Wildman–Crippen MR) is 200 cm³/mol. The second-order valence-electron chi connectivity index (χ2n) is 13.0. The highest BCUT2D eigenvalue weighted by molar-refractivity contribution is 6.11. The van der Waals surface area contributed by atoms with E-state index in [0.717, 1.165) is 73.9 Å². The van der Waals surface area contributed by atoms with Gasteiger partial charge in [-0.3, -0.25) is 0 Å². The lowest BCUT2D eigenvalue weighted by Crippen LogP contribution is -2.25. The monoisotopic (exact) mass is 645 g/mol. The standard InChI is InChI=1S/C45H31N3O2/c1-3-12-28(13-4-1)29-22-24-31(25-23-29)44-46-43(30-14-5-2-6-15-30)47-45(48-44)36-27-26-33(42-41(36)35-17-8-10-20-38(35)50-42)32-18-11-21-39-40(32)34-16-7-9-19-37(34)49-39/h2-3,5-27,41-42H,1,4H2. The zero-order chi connectivity index (χ0) is 33.0. The number of allylic oxidation sites excluding steroid dienone is 6. The van der Waals surface area contributed by atoms with E-state index in [9.17, 15) is 0 Å². The summed E-state index contributed by atoms with van der Waals surface area (Å²) in [5, 5.41) is 2.19. The minimum absolute atomic E-state index is 0.120. The van der Waals surface area contributed by atoms with Crippen LogP contribution in [0.2, 0.25) is 0 Å². The van der Waals surface area contributed by atoms with E-state index in [1.165, 1.54) is 11.1 Å². The first-order valence-corrected chi connectivity index (χ1v) is 17.2. The molecule has 0 saturated heterocycles. The van der Waals surface area contributed by atoms with Crippen LogP contribution in [-0.2, 0) is 0 Å². The highest BCUT2D eigenvalue weighted by atomic mass is 16.5. The van der Waals surface area contributed by atoms with Gasteiger partial charge in [0.1, 0.15) is 23.0 Å². The van der Waals surface area contributed by atoms with Crippen molar-refractivity contribution in [1.29, 1.82) is 0 Å².